The second-order valence-electron chi connectivity index (χ2n) is 4.28. The van der Waals surface area contributed by atoms with Crippen LogP contribution in [0.4, 0.5) is 5.69 Å². The minimum absolute atomic E-state index is 0.305. The molecule has 2 aromatic rings. The second-order valence-corrected chi connectivity index (χ2v) is 5.57. The van der Waals surface area contributed by atoms with Crippen molar-refractivity contribution in [1.82, 2.24) is 4.98 Å². The summed E-state index contributed by atoms with van der Waals surface area (Å²) in [5, 5.41) is 3.30. The molecule has 0 atom stereocenters. The molecule has 1 heterocycles. The summed E-state index contributed by atoms with van der Waals surface area (Å²) in [6.07, 6.45) is 2.44. The molecule has 4 nitrogen and oxygen atoms in total. The minimum Gasteiger partial charge on any atom is -0.491 e. The molecule has 0 aliphatic carbocycles. The van der Waals surface area contributed by atoms with Gasteiger partial charge in [-0.25, -0.2) is 4.98 Å². The van der Waals surface area contributed by atoms with Gasteiger partial charge >= 0.3 is 0 Å². The molecule has 0 unspecified atom stereocenters. The number of aromatic nitrogens is 1. The molecule has 110 valence electrons. The third-order valence-electron chi connectivity index (χ3n) is 2.63. The highest BCUT2D eigenvalue weighted by atomic mass is 79.9. The van der Waals surface area contributed by atoms with Crippen molar-refractivity contribution in [3.8, 4) is 5.75 Å². The third kappa shape index (κ3) is 4.19. The van der Waals surface area contributed by atoms with E-state index in [1.807, 2.05) is 6.92 Å². The van der Waals surface area contributed by atoms with Crippen LogP contribution in [0.15, 0.2) is 41.0 Å². The molecule has 0 aliphatic heterocycles. The molecule has 1 aromatic carbocycles. The maximum Gasteiger partial charge on any atom is 0.275 e. The third-order valence-corrected chi connectivity index (χ3v) is 3.50. The van der Waals surface area contributed by atoms with Gasteiger partial charge in [-0.3, -0.25) is 4.79 Å². The summed E-state index contributed by atoms with van der Waals surface area (Å²) in [5.74, 6) is 0.257. The molecule has 0 spiro atoms. The number of hydrogen-bond donors (Lipinski definition) is 1. The van der Waals surface area contributed by atoms with E-state index in [9.17, 15) is 4.79 Å². The smallest absolute Gasteiger partial charge is 0.275 e. The maximum absolute atomic E-state index is 12.3. The van der Waals surface area contributed by atoms with Gasteiger partial charge in [0.25, 0.3) is 5.91 Å². The van der Waals surface area contributed by atoms with Gasteiger partial charge < -0.3 is 10.1 Å². The number of carbonyl (C=O) groups is 1. The highest BCUT2D eigenvalue weighted by molar-refractivity contribution is 9.10. The Hall–Kier alpha value is -1.59. The molecule has 1 N–H and O–H groups in total. The molecule has 2 rings (SSSR count). The molecule has 0 saturated carbocycles. The van der Waals surface area contributed by atoms with Crippen LogP contribution in [0.2, 0.25) is 5.02 Å². The van der Waals surface area contributed by atoms with E-state index < -0.39 is 0 Å². The summed E-state index contributed by atoms with van der Waals surface area (Å²) in [4.78, 5) is 16.3. The Balaban J connectivity index is 2.24. The lowest BCUT2D eigenvalue weighted by atomic mass is 10.2. The summed E-state index contributed by atoms with van der Waals surface area (Å²) in [5.41, 5.74) is 0.831. The number of rotatable bonds is 5. The Morgan fingerprint density at radius 3 is 2.95 bits per heavy atom. The molecule has 0 fully saturated rings. The highest BCUT2D eigenvalue weighted by Gasteiger charge is 2.14. The molecule has 1 amide bonds. The molecule has 0 bridgehead atoms. The molecule has 0 aliphatic rings. The van der Waals surface area contributed by atoms with Crippen LogP contribution in [-0.2, 0) is 0 Å². The van der Waals surface area contributed by atoms with Crippen molar-refractivity contribution in [2.75, 3.05) is 11.9 Å². The number of carbonyl (C=O) groups excluding carboxylic acids is 1. The first-order valence-corrected chi connectivity index (χ1v) is 7.63. The molecule has 0 radical (unpaired) electrons. The van der Waals surface area contributed by atoms with Crippen molar-refractivity contribution in [3.63, 3.8) is 0 Å². The van der Waals surface area contributed by atoms with E-state index in [1.165, 1.54) is 0 Å². The number of benzene rings is 1. The van der Waals surface area contributed by atoms with Crippen LogP contribution in [0.25, 0.3) is 0 Å². The number of amides is 1. The Bertz CT molecular complexity index is 649. The van der Waals surface area contributed by atoms with Gasteiger partial charge in [0, 0.05) is 15.7 Å². The number of halogens is 2. The fourth-order valence-electron chi connectivity index (χ4n) is 1.67. The summed E-state index contributed by atoms with van der Waals surface area (Å²) in [6, 6.07) is 8.62. The molecule has 21 heavy (non-hydrogen) atoms. The van der Waals surface area contributed by atoms with Crippen LogP contribution in [0, 0.1) is 0 Å². The summed E-state index contributed by atoms with van der Waals surface area (Å²) in [7, 11) is 0. The van der Waals surface area contributed by atoms with Gasteiger partial charge in [0.05, 0.1) is 12.3 Å². The largest absolute Gasteiger partial charge is 0.491 e. The minimum atomic E-state index is -0.328. The first-order valence-electron chi connectivity index (χ1n) is 6.46. The van der Waals surface area contributed by atoms with E-state index in [2.05, 4.69) is 26.2 Å². The SMILES string of the molecule is CCCOc1ccc(Cl)cc1NC(=O)c1ncccc1Br. The van der Waals surface area contributed by atoms with Gasteiger partial charge in [-0.1, -0.05) is 18.5 Å². The van der Waals surface area contributed by atoms with E-state index in [0.717, 1.165) is 6.42 Å². The maximum atomic E-state index is 12.3. The average Bonchev–Trinajstić information content (AvgIpc) is 2.47. The first-order chi connectivity index (χ1) is 10.1. The van der Waals surface area contributed by atoms with Gasteiger partial charge in [-0.2, -0.15) is 0 Å². The van der Waals surface area contributed by atoms with Gasteiger partial charge in [-0.05, 0) is 52.7 Å². The van der Waals surface area contributed by atoms with Crippen LogP contribution < -0.4 is 10.1 Å². The number of ether oxygens (including phenoxy) is 1. The monoisotopic (exact) mass is 368 g/mol. The number of anilines is 1. The van der Waals surface area contributed by atoms with Crippen molar-refractivity contribution in [2.45, 2.75) is 13.3 Å². The Labute approximate surface area is 136 Å². The zero-order valence-corrected chi connectivity index (χ0v) is 13.7. The Morgan fingerprint density at radius 1 is 1.43 bits per heavy atom. The van der Waals surface area contributed by atoms with E-state index >= 15 is 0 Å². The fraction of sp³-hybridized carbons (Fsp3) is 0.200. The number of nitrogens with zero attached hydrogens (tertiary/aromatic N) is 1. The Morgan fingerprint density at radius 2 is 2.24 bits per heavy atom. The van der Waals surface area contributed by atoms with E-state index in [4.69, 9.17) is 16.3 Å². The number of pyridine rings is 1. The molecule has 1 aromatic heterocycles. The van der Waals surface area contributed by atoms with Gasteiger partial charge in [0.2, 0.25) is 0 Å². The van der Waals surface area contributed by atoms with Crippen molar-refractivity contribution < 1.29 is 9.53 Å². The predicted octanol–water partition coefficient (Wildman–Crippen LogP) is 4.54. The van der Waals surface area contributed by atoms with E-state index in [0.29, 0.717) is 33.2 Å². The van der Waals surface area contributed by atoms with Crippen LogP contribution in [0.1, 0.15) is 23.8 Å². The lowest BCUT2D eigenvalue weighted by molar-refractivity contribution is 0.102. The summed E-state index contributed by atoms with van der Waals surface area (Å²) in [6.45, 7) is 2.58. The first kappa shape index (κ1) is 15.8. The standard InChI is InChI=1S/C15H14BrClN2O2/c1-2-8-21-13-6-5-10(17)9-12(13)19-15(20)14-11(16)4-3-7-18-14/h3-7,9H,2,8H2,1H3,(H,19,20). The number of hydrogen-bond acceptors (Lipinski definition) is 3. The molecule has 6 heteroatoms. The predicted molar refractivity (Wildman–Crippen MR) is 87.1 cm³/mol. The van der Waals surface area contributed by atoms with Crippen molar-refractivity contribution in [1.29, 1.82) is 0 Å². The quantitative estimate of drug-likeness (QED) is 0.842. The molecular formula is C15H14BrClN2O2. The lowest BCUT2D eigenvalue weighted by Crippen LogP contribution is -2.15. The topological polar surface area (TPSA) is 51.2 Å². The van der Waals surface area contributed by atoms with Crippen molar-refractivity contribution in [2.24, 2.45) is 0 Å². The molecule has 0 saturated heterocycles. The highest BCUT2D eigenvalue weighted by Crippen LogP contribution is 2.29. The van der Waals surface area contributed by atoms with Crippen LogP contribution in [0.3, 0.4) is 0 Å². The van der Waals surface area contributed by atoms with Crippen LogP contribution >= 0.6 is 27.5 Å². The zero-order chi connectivity index (χ0) is 15.2. The fourth-order valence-corrected chi connectivity index (χ4v) is 2.28. The van der Waals surface area contributed by atoms with Gasteiger partial charge in [-0.15, -0.1) is 0 Å². The number of nitrogens with one attached hydrogen (secondary N) is 1. The van der Waals surface area contributed by atoms with Crippen LogP contribution in [-0.4, -0.2) is 17.5 Å². The van der Waals surface area contributed by atoms with E-state index in [1.54, 1.807) is 36.5 Å². The zero-order valence-electron chi connectivity index (χ0n) is 11.4. The molecular weight excluding hydrogens is 356 g/mol. The summed E-state index contributed by atoms with van der Waals surface area (Å²) < 4.78 is 6.23. The van der Waals surface area contributed by atoms with Gasteiger partial charge in [0.15, 0.2) is 0 Å². The van der Waals surface area contributed by atoms with Crippen LogP contribution in [0.5, 0.6) is 5.75 Å². The second kappa shape index (κ2) is 7.43. The van der Waals surface area contributed by atoms with Crippen molar-refractivity contribution >= 4 is 39.1 Å². The van der Waals surface area contributed by atoms with Gasteiger partial charge in [0.1, 0.15) is 11.4 Å². The van der Waals surface area contributed by atoms with Crippen molar-refractivity contribution in [3.05, 3.63) is 51.7 Å². The Kier molecular flexibility index (Phi) is 5.59. The normalized spacial score (nSPS) is 10.2. The summed E-state index contributed by atoms with van der Waals surface area (Å²) >= 11 is 9.28. The van der Waals surface area contributed by atoms with E-state index in [-0.39, 0.29) is 5.91 Å². The average molecular weight is 370 g/mol. The lowest BCUT2D eigenvalue weighted by Gasteiger charge is -2.12.